The molecule has 0 amide bonds. The monoisotopic (exact) mass is 199 g/mol. The van der Waals surface area contributed by atoms with Crippen molar-refractivity contribution in [1.82, 2.24) is 10.2 Å². The minimum atomic E-state index is -0.0178. The Morgan fingerprint density at radius 2 is 1.86 bits per heavy atom. The quantitative estimate of drug-likeness (QED) is 0.415. The van der Waals surface area contributed by atoms with Crippen LogP contribution in [-0.2, 0) is 0 Å². The standard InChI is InChI=1S/C11H25N3/c1-6-7-8-9-14(5)10(12)13-11(2,3)4/h6-9H2,1-5H3,(H2,12,13). The summed E-state index contributed by atoms with van der Waals surface area (Å²) in [6, 6.07) is 0. The van der Waals surface area contributed by atoms with Crippen LogP contribution in [0, 0.1) is 5.41 Å². The molecule has 84 valence electrons. The van der Waals surface area contributed by atoms with Crippen molar-refractivity contribution in [2.45, 2.75) is 52.5 Å². The van der Waals surface area contributed by atoms with Gasteiger partial charge in [0.1, 0.15) is 0 Å². The number of nitrogens with zero attached hydrogens (tertiary/aromatic N) is 1. The molecule has 0 atom stereocenters. The predicted octanol–water partition coefficient (Wildman–Crippen LogP) is 2.43. The Bertz CT molecular complexity index is 170. The van der Waals surface area contributed by atoms with Crippen LogP contribution in [0.3, 0.4) is 0 Å². The second-order valence-electron chi connectivity index (χ2n) is 4.85. The van der Waals surface area contributed by atoms with Gasteiger partial charge in [0, 0.05) is 19.1 Å². The van der Waals surface area contributed by atoms with E-state index >= 15 is 0 Å². The maximum Gasteiger partial charge on any atom is 0.191 e. The van der Waals surface area contributed by atoms with Gasteiger partial charge in [0.2, 0.25) is 0 Å². The Labute approximate surface area is 88.4 Å². The third-order valence-corrected chi connectivity index (χ3v) is 1.97. The van der Waals surface area contributed by atoms with E-state index < -0.39 is 0 Å². The molecule has 0 aromatic heterocycles. The molecule has 0 aliphatic heterocycles. The molecule has 0 unspecified atom stereocenters. The summed E-state index contributed by atoms with van der Waals surface area (Å²) < 4.78 is 0. The fraction of sp³-hybridized carbons (Fsp3) is 0.909. The first-order valence-electron chi connectivity index (χ1n) is 5.44. The summed E-state index contributed by atoms with van der Waals surface area (Å²) in [6.45, 7) is 9.37. The minimum Gasteiger partial charge on any atom is -0.352 e. The fourth-order valence-electron chi connectivity index (χ4n) is 1.16. The van der Waals surface area contributed by atoms with Crippen LogP contribution in [-0.4, -0.2) is 30.0 Å². The maximum absolute atomic E-state index is 7.80. The summed E-state index contributed by atoms with van der Waals surface area (Å²) >= 11 is 0. The molecule has 0 bridgehead atoms. The Morgan fingerprint density at radius 1 is 1.29 bits per heavy atom. The zero-order valence-corrected chi connectivity index (χ0v) is 10.3. The van der Waals surface area contributed by atoms with Gasteiger partial charge in [0.25, 0.3) is 0 Å². The van der Waals surface area contributed by atoms with Gasteiger partial charge in [0.15, 0.2) is 5.96 Å². The zero-order valence-electron chi connectivity index (χ0n) is 10.3. The molecule has 0 aliphatic carbocycles. The second-order valence-corrected chi connectivity index (χ2v) is 4.85. The molecule has 0 saturated heterocycles. The van der Waals surface area contributed by atoms with Gasteiger partial charge < -0.3 is 10.2 Å². The van der Waals surface area contributed by atoms with Crippen LogP contribution in [0.15, 0.2) is 0 Å². The summed E-state index contributed by atoms with van der Waals surface area (Å²) in [7, 11) is 1.97. The summed E-state index contributed by atoms with van der Waals surface area (Å²) in [5.74, 6) is 0.522. The Morgan fingerprint density at radius 3 is 2.29 bits per heavy atom. The molecule has 0 fully saturated rings. The van der Waals surface area contributed by atoms with Crippen LogP contribution in [0.5, 0.6) is 0 Å². The molecular weight excluding hydrogens is 174 g/mol. The molecule has 14 heavy (non-hydrogen) atoms. The molecule has 0 aromatic carbocycles. The molecule has 0 spiro atoms. The fourth-order valence-corrected chi connectivity index (χ4v) is 1.16. The molecule has 0 heterocycles. The lowest BCUT2D eigenvalue weighted by atomic mass is 10.1. The van der Waals surface area contributed by atoms with Gasteiger partial charge in [-0.15, -0.1) is 0 Å². The van der Waals surface area contributed by atoms with Gasteiger partial charge in [-0.3, -0.25) is 5.41 Å². The first kappa shape index (κ1) is 13.3. The van der Waals surface area contributed by atoms with E-state index in [2.05, 4.69) is 33.0 Å². The molecule has 0 aromatic rings. The maximum atomic E-state index is 7.80. The number of hydrogen-bond acceptors (Lipinski definition) is 1. The van der Waals surface area contributed by atoms with Gasteiger partial charge >= 0.3 is 0 Å². The van der Waals surface area contributed by atoms with E-state index in [1.54, 1.807) is 0 Å². The highest BCUT2D eigenvalue weighted by Crippen LogP contribution is 2.01. The Hall–Kier alpha value is -0.730. The van der Waals surface area contributed by atoms with Crippen LogP contribution in [0.2, 0.25) is 0 Å². The van der Waals surface area contributed by atoms with Crippen molar-refractivity contribution in [3.63, 3.8) is 0 Å². The normalized spacial score (nSPS) is 11.2. The van der Waals surface area contributed by atoms with E-state index in [0.29, 0.717) is 5.96 Å². The summed E-state index contributed by atoms with van der Waals surface area (Å²) in [5.41, 5.74) is -0.0178. The van der Waals surface area contributed by atoms with Gasteiger partial charge in [-0.2, -0.15) is 0 Å². The Kier molecular flexibility index (Phi) is 5.58. The van der Waals surface area contributed by atoms with Crippen LogP contribution >= 0.6 is 0 Å². The van der Waals surface area contributed by atoms with Crippen molar-refractivity contribution in [2.24, 2.45) is 0 Å². The van der Waals surface area contributed by atoms with Gasteiger partial charge in [-0.25, -0.2) is 0 Å². The van der Waals surface area contributed by atoms with Crippen molar-refractivity contribution in [1.29, 1.82) is 5.41 Å². The number of nitrogens with one attached hydrogen (secondary N) is 2. The Balaban J connectivity index is 3.77. The van der Waals surface area contributed by atoms with E-state index in [1.165, 1.54) is 19.3 Å². The average Bonchev–Trinajstić information content (AvgIpc) is 2.01. The third kappa shape index (κ3) is 6.75. The van der Waals surface area contributed by atoms with E-state index in [-0.39, 0.29) is 5.54 Å². The van der Waals surface area contributed by atoms with Crippen LogP contribution in [0.1, 0.15) is 47.0 Å². The lowest BCUT2D eigenvalue weighted by Crippen LogP contribution is -2.47. The SMILES string of the molecule is CCCCCN(C)C(=N)NC(C)(C)C. The van der Waals surface area contributed by atoms with Crippen molar-refractivity contribution >= 4 is 5.96 Å². The molecule has 0 rings (SSSR count). The van der Waals surface area contributed by atoms with E-state index in [4.69, 9.17) is 5.41 Å². The highest BCUT2D eigenvalue weighted by molar-refractivity contribution is 5.77. The van der Waals surface area contributed by atoms with Gasteiger partial charge in [0.05, 0.1) is 0 Å². The van der Waals surface area contributed by atoms with Gasteiger partial charge in [-0.05, 0) is 27.2 Å². The summed E-state index contributed by atoms with van der Waals surface area (Å²) in [6.07, 6.45) is 3.64. The lowest BCUT2D eigenvalue weighted by Gasteiger charge is -2.28. The highest BCUT2D eigenvalue weighted by atomic mass is 15.3. The third-order valence-electron chi connectivity index (χ3n) is 1.97. The molecule has 3 heteroatoms. The van der Waals surface area contributed by atoms with E-state index in [1.807, 2.05) is 11.9 Å². The second kappa shape index (κ2) is 5.89. The van der Waals surface area contributed by atoms with Crippen molar-refractivity contribution in [2.75, 3.05) is 13.6 Å². The molecule has 2 N–H and O–H groups in total. The topological polar surface area (TPSA) is 39.1 Å². The minimum absolute atomic E-state index is 0.0178. The molecule has 0 aliphatic rings. The molecule has 0 radical (unpaired) electrons. The number of rotatable bonds is 4. The number of guanidine groups is 1. The van der Waals surface area contributed by atoms with Crippen LogP contribution in [0.4, 0.5) is 0 Å². The van der Waals surface area contributed by atoms with Crippen LogP contribution < -0.4 is 5.32 Å². The van der Waals surface area contributed by atoms with Crippen molar-refractivity contribution < 1.29 is 0 Å². The summed E-state index contributed by atoms with van der Waals surface area (Å²) in [5, 5.41) is 11.0. The van der Waals surface area contributed by atoms with Crippen molar-refractivity contribution in [3.8, 4) is 0 Å². The molecule has 3 nitrogen and oxygen atoms in total. The van der Waals surface area contributed by atoms with Crippen LogP contribution in [0.25, 0.3) is 0 Å². The van der Waals surface area contributed by atoms with E-state index in [0.717, 1.165) is 6.54 Å². The van der Waals surface area contributed by atoms with Crippen molar-refractivity contribution in [3.05, 3.63) is 0 Å². The first-order chi connectivity index (χ1) is 6.37. The average molecular weight is 199 g/mol. The number of unbranched alkanes of at least 4 members (excludes halogenated alkanes) is 2. The summed E-state index contributed by atoms with van der Waals surface area (Å²) in [4.78, 5) is 1.97. The van der Waals surface area contributed by atoms with Gasteiger partial charge in [-0.1, -0.05) is 19.8 Å². The number of hydrogen-bond donors (Lipinski definition) is 2. The first-order valence-corrected chi connectivity index (χ1v) is 5.44. The zero-order chi connectivity index (χ0) is 11.2. The predicted molar refractivity (Wildman–Crippen MR) is 62.8 cm³/mol. The lowest BCUT2D eigenvalue weighted by molar-refractivity contribution is 0.416. The van der Waals surface area contributed by atoms with E-state index in [9.17, 15) is 0 Å². The molecule has 0 saturated carbocycles. The molecular formula is C11H25N3. The highest BCUT2D eigenvalue weighted by Gasteiger charge is 2.13. The smallest absolute Gasteiger partial charge is 0.191 e. The largest absolute Gasteiger partial charge is 0.352 e.